The molecule has 1 rings (SSSR count). The van der Waals surface area contributed by atoms with Crippen molar-refractivity contribution in [2.24, 2.45) is 0 Å². The van der Waals surface area contributed by atoms with Gasteiger partial charge in [0.15, 0.2) is 0 Å². The normalized spacial score (nSPS) is 17.8. The highest BCUT2D eigenvalue weighted by Crippen LogP contribution is 2.73. The van der Waals surface area contributed by atoms with Gasteiger partial charge in [0.05, 0.1) is 13.2 Å². The zero-order valence-electron chi connectivity index (χ0n) is 15.8. The largest absolute Gasteiger partial charge is 0.445 e. The molecule has 28 heavy (non-hydrogen) atoms. The molecule has 1 aromatic rings. The fraction of sp³-hybridized carbons (Fsp3) is 0.562. The zero-order chi connectivity index (χ0) is 21.3. The molecule has 0 saturated heterocycles. The molecule has 0 spiro atoms. The number of nitrogens with one attached hydrogen (secondary N) is 1. The quantitative estimate of drug-likeness (QED) is 0.285. The number of hydrogen-bond acceptors (Lipinski definition) is 7. The van der Waals surface area contributed by atoms with Crippen LogP contribution in [0.3, 0.4) is 0 Å². The summed E-state index contributed by atoms with van der Waals surface area (Å²) in [5.41, 5.74) is 0.794. The number of benzene rings is 1. The van der Waals surface area contributed by atoms with Crippen molar-refractivity contribution in [3.8, 4) is 0 Å². The maximum absolute atomic E-state index is 12.3. The predicted molar refractivity (Wildman–Crippen MR) is 102 cm³/mol. The van der Waals surface area contributed by atoms with Crippen LogP contribution in [0.2, 0.25) is 0 Å². The van der Waals surface area contributed by atoms with Crippen LogP contribution in [0.25, 0.3) is 0 Å². The first-order valence-electron chi connectivity index (χ1n) is 8.71. The molecule has 2 atom stereocenters. The number of rotatable bonds is 12. The van der Waals surface area contributed by atoms with Crippen molar-refractivity contribution in [1.29, 1.82) is 0 Å². The van der Waals surface area contributed by atoms with Gasteiger partial charge in [0.1, 0.15) is 6.61 Å². The van der Waals surface area contributed by atoms with Crippen LogP contribution in [0.4, 0.5) is 4.79 Å². The van der Waals surface area contributed by atoms with Gasteiger partial charge in [-0.15, -0.1) is 0 Å². The summed E-state index contributed by atoms with van der Waals surface area (Å²) in [6, 6.07) is 9.00. The van der Waals surface area contributed by atoms with Gasteiger partial charge in [-0.3, -0.25) is 9.13 Å². The lowest BCUT2D eigenvalue weighted by molar-refractivity contribution is 0.0976. The van der Waals surface area contributed by atoms with Crippen LogP contribution >= 0.6 is 15.2 Å². The van der Waals surface area contributed by atoms with Crippen molar-refractivity contribution in [3.05, 3.63) is 35.9 Å². The molecular formula is C16H27NO9P2. The van der Waals surface area contributed by atoms with Crippen molar-refractivity contribution < 1.29 is 42.6 Å². The molecule has 0 aliphatic heterocycles. The summed E-state index contributed by atoms with van der Waals surface area (Å²) in [6.07, 6.45) is -1.46. The number of carbonyl (C=O) groups excluding carboxylic acids is 1. The minimum Gasteiger partial charge on any atom is -0.445 e. The number of amides is 1. The van der Waals surface area contributed by atoms with E-state index in [2.05, 4.69) is 14.4 Å². The maximum Gasteiger partial charge on any atom is 0.407 e. The molecule has 0 aliphatic rings. The Morgan fingerprint density at radius 3 is 2.11 bits per heavy atom. The van der Waals surface area contributed by atoms with E-state index in [4.69, 9.17) is 4.74 Å². The average molecular weight is 439 g/mol. The number of alkyl carbamates (subject to hydrolysis) is 1. The topological polar surface area (TPSA) is 152 Å². The number of hydrogen-bond donors (Lipinski definition) is 4. The Kier molecular flexibility index (Phi) is 9.80. The molecule has 1 amide bonds. The van der Waals surface area contributed by atoms with Gasteiger partial charge < -0.3 is 34.0 Å². The first-order chi connectivity index (χ1) is 13.1. The van der Waals surface area contributed by atoms with E-state index in [1.54, 1.807) is 24.3 Å². The lowest BCUT2D eigenvalue weighted by atomic mass is 10.2. The van der Waals surface area contributed by atoms with E-state index >= 15 is 0 Å². The van der Waals surface area contributed by atoms with E-state index in [1.165, 1.54) is 13.8 Å². The molecule has 0 heterocycles. The lowest BCUT2D eigenvalue weighted by Crippen LogP contribution is -2.33. The molecule has 0 aromatic heterocycles. The van der Waals surface area contributed by atoms with Crippen LogP contribution in [0.1, 0.15) is 32.3 Å². The van der Waals surface area contributed by atoms with E-state index in [1.807, 2.05) is 6.07 Å². The van der Waals surface area contributed by atoms with Gasteiger partial charge in [-0.25, -0.2) is 4.79 Å². The van der Waals surface area contributed by atoms with E-state index in [0.717, 1.165) is 5.56 Å². The number of ether oxygens (including phenoxy) is 1. The van der Waals surface area contributed by atoms with Crippen molar-refractivity contribution in [1.82, 2.24) is 5.32 Å². The Morgan fingerprint density at radius 2 is 1.61 bits per heavy atom. The van der Waals surface area contributed by atoms with E-state index < -0.39 is 32.8 Å². The predicted octanol–water partition coefficient (Wildman–Crippen LogP) is 2.78. The van der Waals surface area contributed by atoms with Crippen LogP contribution in [0.15, 0.2) is 30.3 Å². The Morgan fingerprint density at radius 1 is 1.07 bits per heavy atom. The molecule has 12 heteroatoms. The van der Waals surface area contributed by atoms with E-state index in [-0.39, 0.29) is 32.8 Å². The Bertz CT molecular complexity index is 687. The average Bonchev–Trinajstić information content (AvgIpc) is 2.63. The second-order valence-electron chi connectivity index (χ2n) is 5.74. The van der Waals surface area contributed by atoms with Crippen molar-refractivity contribution >= 4 is 21.3 Å². The first-order valence-corrected chi connectivity index (χ1v) is 11.9. The lowest BCUT2D eigenvalue weighted by Gasteiger charge is -2.33. The van der Waals surface area contributed by atoms with Gasteiger partial charge in [-0.2, -0.15) is 0 Å². The molecule has 160 valence electrons. The van der Waals surface area contributed by atoms with Gasteiger partial charge in [0.2, 0.25) is 0 Å². The summed E-state index contributed by atoms with van der Waals surface area (Å²) in [5.74, 6) is 0. The highest BCUT2D eigenvalue weighted by molar-refractivity contribution is 7.72. The van der Waals surface area contributed by atoms with Gasteiger partial charge in [-0.1, -0.05) is 30.3 Å². The van der Waals surface area contributed by atoms with E-state index in [9.17, 15) is 28.8 Å². The summed E-state index contributed by atoms with van der Waals surface area (Å²) in [4.78, 5) is 31.6. The van der Waals surface area contributed by atoms with Gasteiger partial charge in [0.25, 0.3) is 5.08 Å². The fourth-order valence-corrected chi connectivity index (χ4v) is 5.91. The molecule has 0 bridgehead atoms. The van der Waals surface area contributed by atoms with Gasteiger partial charge in [-0.05, 0) is 25.8 Å². The fourth-order valence-electron chi connectivity index (χ4n) is 2.29. The van der Waals surface area contributed by atoms with Crippen molar-refractivity contribution in [3.63, 3.8) is 0 Å². The standard InChI is InChI=1S/C16H27NO9P2/c1-3-25-27(20,21)16(19,28(22,23)26-4-2)11-8-12-17-15(18)24-13-14-9-6-5-7-10-14/h5-7,9-10,19H,3-4,8,11-13H2,1-2H3,(H,17,18)(H,20,21)(H,22,23). The van der Waals surface area contributed by atoms with Crippen LogP contribution in [-0.4, -0.2) is 45.8 Å². The highest BCUT2D eigenvalue weighted by atomic mass is 31.2. The summed E-state index contributed by atoms with van der Waals surface area (Å²) in [5, 5.41) is 9.91. The van der Waals surface area contributed by atoms with Crippen LogP contribution < -0.4 is 5.32 Å². The molecule has 0 saturated carbocycles. The van der Waals surface area contributed by atoms with Crippen LogP contribution in [-0.2, 0) is 29.5 Å². The summed E-state index contributed by atoms with van der Waals surface area (Å²) >= 11 is 0. The summed E-state index contributed by atoms with van der Waals surface area (Å²) < 4.78 is 38.9. The number of aliphatic hydroxyl groups is 1. The van der Waals surface area contributed by atoms with Gasteiger partial charge in [0, 0.05) is 13.0 Å². The maximum atomic E-state index is 12.3. The highest BCUT2D eigenvalue weighted by Gasteiger charge is 2.61. The third-order valence-electron chi connectivity index (χ3n) is 3.68. The SMILES string of the molecule is CCOP(=O)(O)C(O)(CCCNC(=O)OCc1ccccc1)P(=O)(O)OCC. The van der Waals surface area contributed by atoms with Crippen LogP contribution in [0.5, 0.6) is 0 Å². The molecule has 4 N–H and O–H groups in total. The molecule has 0 fully saturated rings. The van der Waals surface area contributed by atoms with Crippen molar-refractivity contribution in [2.75, 3.05) is 19.8 Å². The minimum atomic E-state index is -4.91. The van der Waals surface area contributed by atoms with Crippen molar-refractivity contribution in [2.45, 2.75) is 38.4 Å². The second kappa shape index (κ2) is 11.1. The minimum absolute atomic E-state index is 0.0585. The molecule has 1 aromatic carbocycles. The third kappa shape index (κ3) is 6.67. The monoisotopic (exact) mass is 439 g/mol. The first kappa shape index (κ1) is 24.8. The summed E-state index contributed by atoms with van der Waals surface area (Å²) in [6.45, 7) is 2.27. The molecule has 10 nitrogen and oxygen atoms in total. The Labute approximate surface area is 163 Å². The molecule has 0 aliphatic carbocycles. The molecular weight excluding hydrogens is 412 g/mol. The molecule has 0 radical (unpaired) electrons. The zero-order valence-corrected chi connectivity index (χ0v) is 17.6. The van der Waals surface area contributed by atoms with Gasteiger partial charge >= 0.3 is 21.3 Å². The Hall–Kier alpha value is -1.25. The van der Waals surface area contributed by atoms with Crippen LogP contribution in [0, 0.1) is 0 Å². The third-order valence-corrected chi connectivity index (χ3v) is 8.67. The Balaban J connectivity index is 2.62. The second-order valence-corrected chi connectivity index (χ2v) is 10.2. The van der Waals surface area contributed by atoms with E-state index in [0.29, 0.717) is 0 Å². The summed E-state index contributed by atoms with van der Waals surface area (Å²) in [7, 11) is -9.82. The molecule has 2 unspecified atom stereocenters. The smallest absolute Gasteiger partial charge is 0.407 e. The number of carbonyl (C=O) groups is 1.